The lowest BCUT2D eigenvalue weighted by Gasteiger charge is -1.96. The van der Waals surface area contributed by atoms with E-state index in [9.17, 15) is 4.79 Å². The summed E-state index contributed by atoms with van der Waals surface area (Å²) >= 11 is 0. The minimum atomic E-state index is -0.137. The van der Waals surface area contributed by atoms with Gasteiger partial charge in [-0.25, -0.2) is 9.97 Å². The topological polar surface area (TPSA) is 80.9 Å². The van der Waals surface area contributed by atoms with Gasteiger partial charge in [0, 0.05) is 18.3 Å². The van der Waals surface area contributed by atoms with E-state index in [1.807, 2.05) is 0 Å². The predicted octanol–water partition coefficient (Wildman–Crippen LogP) is -0.821. The molecular weight excluding hydrogens is 156 g/mol. The summed E-state index contributed by atoms with van der Waals surface area (Å²) in [6.07, 6.45) is 1.64. The molecule has 12 heavy (non-hydrogen) atoms. The van der Waals surface area contributed by atoms with E-state index in [1.54, 1.807) is 6.20 Å². The van der Waals surface area contributed by atoms with Gasteiger partial charge < -0.3 is 11.1 Å². The zero-order chi connectivity index (χ0) is 8.55. The Balaban J connectivity index is 2.50. The van der Waals surface area contributed by atoms with E-state index < -0.39 is 0 Å². The molecule has 0 saturated heterocycles. The smallest absolute Gasteiger partial charge is 0.270 e. The van der Waals surface area contributed by atoms with Crippen molar-refractivity contribution in [2.75, 3.05) is 0 Å². The molecule has 0 aromatic carbocycles. The molecule has 0 fully saturated rings. The fourth-order valence-corrected chi connectivity index (χ4v) is 1.13. The first-order chi connectivity index (χ1) is 5.81. The molecule has 5 nitrogen and oxygen atoms in total. The van der Waals surface area contributed by atoms with Crippen LogP contribution in [0.4, 0.5) is 0 Å². The zero-order valence-electron chi connectivity index (χ0n) is 6.37. The Hall–Kier alpha value is -1.49. The Morgan fingerprint density at radius 3 is 3.25 bits per heavy atom. The van der Waals surface area contributed by atoms with Gasteiger partial charge in [-0.3, -0.25) is 4.79 Å². The second kappa shape index (κ2) is 2.53. The van der Waals surface area contributed by atoms with Gasteiger partial charge in [-0.15, -0.1) is 0 Å². The van der Waals surface area contributed by atoms with Crippen molar-refractivity contribution >= 4 is 5.91 Å². The van der Waals surface area contributed by atoms with Gasteiger partial charge in [0.25, 0.3) is 5.91 Å². The van der Waals surface area contributed by atoms with Gasteiger partial charge in [0.05, 0.1) is 6.54 Å². The van der Waals surface area contributed by atoms with Crippen molar-refractivity contribution in [3.63, 3.8) is 0 Å². The highest BCUT2D eigenvalue weighted by atomic mass is 16.2. The van der Waals surface area contributed by atoms with Crippen molar-refractivity contribution in [2.45, 2.75) is 13.1 Å². The molecule has 1 amide bonds. The van der Waals surface area contributed by atoms with Crippen LogP contribution in [0, 0.1) is 0 Å². The van der Waals surface area contributed by atoms with Crippen molar-refractivity contribution in [3.05, 3.63) is 23.3 Å². The molecule has 1 aromatic heterocycles. The molecule has 5 heteroatoms. The molecular formula is C7H8N4O. The van der Waals surface area contributed by atoms with Crippen LogP contribution in [0.5, 0.6) is 0 Å². The third kappa shape index (κ3) is 0.947. The summed E-state index contributed by atoms with van der Waals surface area (Å²) in [5.74, 6) is 0.368. The molecule has 0 aliphatic carbocycles. The Kier molecular flexibility index (Phi) is 1.51. The fraction of sp³-hybridized carbons (Fsp3) is 0.286. The van der Waals surface area contributed by atoms with Crippen LogP contribution in [0.1, 0.15) is 21.9 Å². The molecule has 2 heterocycles. The van der Waals surface area contributed by atoms with Gasteiger partial charge in [-0.1, -0.05) is 0 Å². The standard InChI is InChI=1S/C7H8N4O/c8-1-5-9-2-4-3-10-7(12)6(4)11-5/h2H,1,3,8H2,(H,10,12). The molecule has 0 bridgehead atoms. The number of carbonyl (C=O) groups excluding carboxylic acids is 1. The van der Waals surface area contributed by atoms with Gasteiger partial charge in [-0.05, 0) is 0 Å². The van der Waals surface area contributed by atoms with E-state index in [-0.39, 0.29) is 12.5 Å². The zero-order valence-corrected chi connectivity index (χ0v) is 6.37. The van der Waals surface area contributed by atoms with Crippen molar-refractivity contribution in [1.82, 2.24) is 15.3 Å². The summed E-state index contributed by atoms with van der Waals surface area (Å²) in [6, 6.07) is 0. The molecule has 3 N–H and O–H groups in total. The number of hydrogen-bond acceptors (Lipinski definition) is 4. The third-order valence-corrected chi connectivity index (χ3v) is 1.75. The Bertz CT molecular complexity index is 336. The first kappa shape index (κ1) is 7.17. The van der Waals surface area contributed by atoms with Gasteiger partial charge in [-0.2, -0.15) is 0 Å². The van der Waals surface area contributed by atoms with Crippen LogP contribution in [-0.2, 0) is 13.1 Å². The van der Waals surface area contributed by atoms with E-state index in [4.69, 9.17) is 5.73 Å². The lowest BCUT2D eigenvalue weighted by Crippen LogP contribution is -2.14. The average Bonchev–Trinajstić information content (AvgIpc) is 2.47. The van der Waals surface area contributed by atoms with Crippen LogP contribution in [0.25, 0.3) is 0 Å². The number of amides is 1. The van der Waals surface area contributed by atoms with E-state index in [0.717, 1.165) is 5.56 Å². The molecule has 2 rings (SSSR count). The minimum Gasteiger partial charge on any atom is -0.346 e. The average molecular weight is 164 g/mol. The van der Waals surface area contributed by atoms with Crippen molar-refractivity contribution in [2.24, 2.45) is 5.73 Å². The van der Waals surface area contributed by atoms with E-state index in [0.29, 0.717) is 18.1 Å². The number of nitrogens with one attached hydrogen (secondary N) is 1. The number of carbonyl (C=O) groups is 1. The molecule has 0 spiro atoms. The molecule has 0 atom stereocenters. The van der Waals surface area contributed by atoms with Gasteiger partial charge in [0.1, 0.15) is 11.5 Å². The molecule has 0 unspecified atom stereocenters. The number of aromatic nitrogens is 2. The number of nitrogens with two attached hydrogens (primary N) is 1. The Labute approximate surface area is 69.0 Å². The molecule has 1 aromatic rings. The lowest BCUT2D eigenvalue weighted by molar-refractivity contribution is 0.0961. The first-order valence-corrected chi connectivity index (χ1v) is 3.64. The maximum atomic E-state index is 11.1. The van der Waals surface area contributed by atoms with E-state index in [2.05, 4.69) is 15.3 Å². The van der Waals surface area contributed by atoms with Crippen molar-refractivity contribution in [1.29, 1.82) is 0 Å². The normalized spacial score (nSPS) is 14.2. The number of hydrogen-bond donors (Lipinski definition) is 2. The highest BCUT2D eigenvalue weighted by Crippen LogP contribution is 2.10. The molecule has 1 aliphatic heterocycles. The third-order valence-electron chi connectivity index (χ3n) is 1.75. The largest absolute Gasteiger partial charge is 0.346 e. The summed E-state index contributed by atoms with van der Waals surface area (Å²) in [6.45, 7) is 0.791. The summed E-state index contributed by atoms with van der Waals surface area (Å²) in [7, 11) is 0. The molecule has 0 saturated carbocycles. The molecule has 0 radical (unpaired) electrons. The Morgan fingerprint density at radius 1 is 1.67 bits per heavy atom. The number of fused-ring (bicyclic) bond motifs is 1. The lowest BCUT2D eigenvalue weighted by atomic mass is 10.3. The van der Waals surface area contributed by atoms with E-state index >= 15 is 0 Å². The van der Waals surface area contributed by atoms with Crippen molar-refractivity contribution in [3.8, 4) is 0 Å². The SMILES string of the molecule is NCc1ncc2c(n1)C(=O)NC2. The quantitative estimate of drug-likeness (QED) is 0.568. The van der Waals surface area contributed by atoms with Crippen molar-refractivity contribution < 1.29 is 4.79 Å². The predicted molar refractivity (Wildman–Crippen MR) is 41.1 cm³/mol. The fourth-order valence-electron chi connectivity index (χ4n) is 1.13. The van der Waals surface area contributed by atoms with Crippen LogP contribution in [0.15, 0.2) is 6.20 Å². The summed E-state index contributed by atoms with van der Waals surface area (Å²) in [5, 5.41) is 2.65. The van der Waals surface area contributed by atoms with Crippen LogP contribution >= 0.6 is 0 Å². The highest BCUT2D eigenvalue weighted by Gasteiger charge is 2.20. The molecule has 1 aliphatic rings. The van der Waals surface area contributed by atoms with Gasteiger partial charge in [0.2, 0.25) is 0 Å². The second-order valence-corrected chi connectivity index (χ2v) is 2.55. The summed E-state index contributed by atoms with van der Waals surface area (Å²) in [5.41, 5.74) is 6.64. The van der Waals surface area contributed by atoms with Gasteiger partial charge >= 0.3 is 0 Å². The Morgan fingerprint density at radius 2 is 2.50 bits per heavy atom. The number of rotatable bonds is 1. The first-order valence-electron chi connectivity index (χ1n) is 3.64. The van der Waals surface area contributed by atoms with Crippen LogP contribution in [0.2, 0.25) is 0 Å². The van der Waals surface area contributed by atoms with E-state index in [1.165, 1.54) is 0 Å². The summed E-state index contributed by atoms with van der Waals surface area (Å²) in [4.78, 5) is 19.1. The second-order valence-electron chi connectivity index (χ2n) is 2.55. The minimum absolute atomic E-state index is 0.137. The van der Waals surface area contributed by atoms with Crippen LogP contribution in [0.3, 0.4) is 0 Å². The van der Waals surface area contributed by atoms with Gasteiger partial charge in [0.15, 0.2) is 0 Å². The molecule has 62 valence electrons. The maximum Gasteiger partial charge on any atom is 0.270 e. The number of nitrogens with zero attached hydrogens (tertiary/aromatic N) is 2. The monoisotopic (exact) mass is 164 g/mol. The summed E-state index contributed by atoms with van der Waals surface area (Å²) < 4.78 is 0. The van der Waals surface area contributed by atoms with Crippen LogP contribution in [-0.4, -0.2) is 15.9 Å². The van der Waals surface area contributed by atoms with Crippen LogP contribution < -0.4 is 11.1 Å². The highest BCUT2D eigenvalue weighted by molar-refractivity contribution is 5.96. The maximum absolute atomic E-state index is 11.1.